The van der Waals surface area contributed by atoms with Crippen LogP contribution in [0.15, 0.2) is 42.6 Å². The van der Waals surface area contributed by atoms with E-state index in [1.165, 1.54) is 0 Å². The number of halogens is 1. The number of carbonyl (C=O) groups is 1. The zero-order valence-electron chi connectivity index (χ0n) is 15.4. The predicted octanol–water partition coefficient (Wildman–Crippen LogP) is 4.47. The topological polar surface area (TPSA) is 75.1 Å². The van der Waals surface area contributed by atoms with E-state index in [0.29, 0.717) is 16.4 Å². The van der Waals surface area contributed by atoms with Crippen molar-refractivity contribution in [2.45, 2.75) is 27.4 Å². The third-order valence-corrected chi connectivity index (χ3v) is 4.58. The number of anilines is 1. The highest BCUT2D eigenvalue weighted by Gasteiger charge is 2.15. The van der Waals surface area contributed by atoms with Gasteiger partial charge in [-0.25, -0.2) is 9.97 Å². The van der Waals surface area contributed by atoms with Gasteiger partial charge in [0.25, 0.3) is 5.91 Å². The first-order valence-corrected chi connectivity index (χ1v) is 8.88. The number of aliphatic hydroxyl groups excluding tert-OH is 1. The zero-order chi connectivity index (χ0) is 19.6. The van der Waals surface area contributed by atoms with Crippen LogP contribution in [0.25, 0.3) is 11.3 Å². The molecule has 138 valence electrons. The molecule has 0 aliphatic carbocycles. The first-order valence-electron chi connectivity index (χ1n) is 8.51. The molecule has 0 atom stereocenters. The van der Waals surface area contributed by atoms with Crippen LogP contribution in [0.2, 0.25) is 5.02 Å². The fourth-order valence-electron chi connectivity index (χ4n) is 3.00. The number of nitrogens with one attached hydrogen (secondary N) is 1. The fourth-order valence-corrected chi connectivity index (χ4v) is 3.17. The quantitative estimate of drug-likeness (QED) is 0.699. The lowest BCUT2D eigenvalue weighted by Crippen LogP contribution is -2.17. The average molecular weight is 382 g/mol. The lowest BCUT2D eigenvalue weighted by atomic mass is 10.0. The summed E-state index contributed by atoms with van der Waals surface area (Å²) in [7, 11) is 0. The summed E-state index contributed by atoms with van der Waals surface area (Å²) >= 11 is 6.10. The standard InChI is InChI=1S/C21H20ClN3O2/c1-12-4-5-16(22)10-17(12)18-6-7-23-20(24-18)21(27)25-19-13(2)8-15(11-26)9-14(19)3/h4-10,26H,11H2,1-3H3,(H,25,27). The molecule has 2 aromatic carbocycles. The molecular formula is C21H20ClN3O2. The summed E-state index contributed by atoms with van der Waals surface area (Å²) in [5.41, 5.74) is 5.75. The Morgan fingerprint density at radius 3 is 2.44 bits per heavy atom. The number of rotatable bonds is 4. The molecule has 0 saturated carbocycles. The summed E-state index contributed by atoms with van der Waals surface area (Å²) in [4.78, 5) is 21.2. The Kier molecular flexibility index (Phi) is 5.54. The molecule has 0 fully saturated rings. The summed E-state index contributed by atoms with van der Waals surface area (Å²) in [5.74, 6) is -0.309. The van der Waals surface area contributed by atoms with Crippen LogP contribution in [-0.2, 0) is 6.61 Å². The minimum atomic E-state index is -0.389. The summed E-state index contributed by atoms with van der Waals surface area (Å²) in [6.07, 6.45) is 1.56. The van der Waals surface area contributed by atoms with Gasteiger partial charge in [-0.3, -0.25) is 4.79 Å². The molecule has 0 aliphatic heterocycles. The highest BCUT2D eigenvalue weighted by atomic mass is 35.5. The molecule has 6 heteroatoms. The number of carbonyl (C=O) groups excluding carboxylic acids is 1. The van der Waals surface area contributed by atoms with Crippen molar-refractivity contribution in [2.24, 2.45) is 0 Å². The molecule has 0 saturated heterocycles. The first kappa shape index (κ1) is 19.0. The molecule has 27 heavy (non-hydrogen) atoms. The second-order valence-corrected chi connectivity index (χ2v) is 6.88. The van der Waals surface area contributed by atoms with Crippen LogP contribution in [0.1, 0.15) is 32.9 Å². The minimum Gasteiger partial charge on any atom is -0.392 e. The molecule has 3 aromatic rings. The van der Waals surface area contributed by atoms with Crippen molar-refractivity contribution in [3.8, 4) is 11.3 Å². The number of hydrogen-bond acceptors (Lipinski definition) is 4. The number of amides is 1. The maximum absolute atomic E-state index is 12.7. The molecule has 0 radical (unpaired) electrons. The Labute approximate surface area is 163 Å². The van der Waals surface area contributed by atoms with E-state index in [4.69, 9.17) is 11.6 Å². The summed E-state index contributed by atoms with van der Waals surface area (Å²) in [6, 6.07) is 11.0. The third kappa shape index (κ3) is 4.15. The van der Waals surface area contributed by atoms with Crippen LogP contribution < -0.4 is 5.32 Å². The monoisotopic (exact) mass is 381 g/mol. The van der Waals surface area contributed by atoms with Gasteiger partial charge in [-0.15, -0.1) is 0 Å². The smallest absolute Gasteiger partial charge is 0.293 e. The van der Waals surface area contributed by atoms with Crippen LogP contribution in [-0.4, -0.2) is 21.0 Å². The Balaban J connectivity index is 1.92. The van der Waals surface area contributed by atoms with E-state index >= 15 is 0 Å². The average Bonchev–Trinajstić information content (AvgIpc) is 2.66. The van der Waals surface area contributed by atoms with Gasteiger partial charge in [-0.05, 0) is 61.2 Å². The van der Waals surface area contributed by atoms with Crippen molar-refractivity contribution in [3.63, 3.8) is 0 Å². The maximum Gasteiger partial charge on any atom is 0.293 e. The van der Waals surface area contributed by atoms with Gasteiger partial charge < -0.3 is 10.4 Å². The number of benzene rings is 2. The number of aryl methyl sites for hydroxylation is 3. The van der Waals surface area contributed by atoms with Gasteiger partial charge in [0.2, 0.25) is 5.82 Å². The third-order valence-electron chi connectivity index (χ3n) is 4.35. The molecule has 3 rings (SSSR count). The van der Waals surface area contributed by atoms with E-state index in [1.54, 1.807) is 12.3 Å². The SMILES string of the molecule is Cc1ccc(Cl)cc1-c1ccnc(C(=O)Nc2c(C)cc(CO)cc2C)n1. The van der Waals surface area contributed by atoms with Crippen molar-refractivity contribution >= 4 is 23.2 Å². The lowest BCUT2D eigenvalue weighted by molar-refractivity contribution is 0.101. The van der Waals surface area contributed by atoms with E-state index in [-0.39, 0.29) is 18.3 Å². The van der Waals surface area contributed by atoms with Crippen LogP contribution in [0.3, 0.4) is 0 Å². The molecule has 0 unspecified atom stereocenters. The van der Waals surface area contributed by atoms with Crippen LogP contribution in [0.5, 0.6) is 0 Å². The number of aliphatic hydroxyl groups is 1. The number of aromatic nitrogens is 2. The predicted molar refractivity (Wildman–Crippen MR) is 107 cm³/mol. The normalized spacial score (nSPS) is 10.7. The van der Waals surface area contributed by atoms with Gasteiger partial charge in [-0.1, -0.05) is 29.8 Å². The molecule has 0 spiro atoms. The maximum atomic E-state index is 12.7. The van der Waals surface area contributed by atoms with Gasteiger partial charge in [0, 0.05) is 22.5 Å². The zero-order valence-corrected chi connectivity index (χ0v) is 16.1. The van der Waals surface area contributed by atoms with E-state index in [0.717, 1.165) is 27.8 Å². The van der Waals surface area contributed by atoms with Gasteiger partial charge in [-0.2, -0.15) is 0 Å². The number of nitrogens with zero attached hydrogens (tertiary/aromatic N) is 2. The van der Waals surface area contributed by atoms with Crippen molar-refractivity contribution in [1.82, 2.24) is 9.97 Å². The van der Waals surface area contributed by atoms with E-state index in [2.05, 4.69) is 15.3 Å². The van der Waals surface area contributed by atoms with Crippen molar-refractivity contribution in [3.05, 3.63) is 75.7 Å². The molecule has 1 amide bonds. The highest BCUT2D eigenvalue weighted by Crippen LogP contribution is 2.26. The molecule has 0 aliphatic rings. The van der Waals surface area contributed by atoms with Gasteiger partial charge >= 0.3 is 0 Å². The van der Waals surface area contributed by atoms with Crippen molar-refractivity contribution in [2.75, 3.05) is 5.32 Å². The number of hydrogen-bond donors (Lipinski definition) is 2. The Hall–Kier alpha value is -2.76. The molecular weight excluding hydrogens is 362 g/mol. The minimum absolute atomic E-state index is 0.0416. The van der Waals surface area contributed by atoms with Crippen LogP contribution >= 0.6 is 11.6 Å². The van der Waals surface area contributed by atoms with E-state index in [1.807, 2.05) is 51.1 Å². The molecule has 1 aromatic heterocycles. The second-order valence-electron chi connectivity index (χ2n) is 6.44. The van der Waals surface area contributed by atoms with Crippen molar-refractivity contribution in [1.29, 1.82) is 0 Å². The second kappa shape index (κ2) is 7.86. The highest BCUT2D eigenvalue weighted by molar-refractivity contribution is 6.30. The van der Waals surface area contributed by atoms with Gasteiger partial charge in [0.05, 0.1) is 12.3 Å². The van der Waals surface area contributed by atoms with E-state index < -0.39 is 0 Å². The van der Waals surface area contributed by atoms with E-state index in [9.17, 15) is 9.90 Å². The molecule has 1 heterocycles. The first-order chi connectivity index (χ1) is 12.9. The lowest BCUT2D eigenvalue weighted by Gasteiger charge is -2.13. The van der Waals surface area contributed by atoms with Gasteiger partial charge in [0.1, 0.15) is 0 Å². The van der Waals surface area contributed by atoms with Crippen LogP contribution in [0, 0.1) is 20.8 Å². The van der Waals surface area contributed by atoms with Crippen LogP contribution in [0.4, 0.5) is 5.69 Å². The Morgan fingerprint density at radius 1 is 1.07 bits per heavy atom. The summed E-state index contributed by atoms with van der Waals surface area (Å²) in [5, 5.41) is 12.8. The molecule has 0 bridgehead atoms. The Bertz CT molecular complexity index is 995. The van der Waals surface area contributed by atoms with Gasteiger partial charge in [0.15, 0.2) is 0 Å². The molecule has 2 N–H and O–H groups in total. The Morgan fingerprint density at radius 2 is 1.78 bits per heavy atom. The summed E-state index contributed by atoms with van der Waals surface area (Å²) in [6.45, 7) is 5.69. The largest absolute Gasteiger partial charge is 0.392 e. The van der Waals surface area contributed by atoms with Crippen molar-refractivity contribution < 1.29 is 9.90 Å². The fraction of sp³-hybridized carbons (Fsp3) is 0.190. The summed E-state index contributed by atoms with van der Waals surface area (Å²) < 4.78 is 0. The molecule has 5 nitrogen and oxygen atoms in total.